The Morgan fingerprint density at radius 2 is 2.00 bits per heavy atom. The van der Waals surface area contributed by atoms with Gasteiger partial charge in [-0.25, -0.2) is 0 Å². The minimum absolute atomic E-state index is 1.01. The van der Waals surface area contributed by atoms with E-state index in [4.69, 9.17) is 0 Å². The topological polar surface area (TPSA) is 12.0 Å². The molecule has 70 valence electrons. The van der Waals surface area contributed by atoms with Crippen LogP contribution in [0.3, 0.4) is 0 Å². The number of hydrogen-bond acceptors (Lipinski definition) is 1. The summed E-state index contributed by atoms with van der Waals surface area (Å²) in [6, 6.07) is 8.21. The first-order chi connectivity index (χ1) is 6.33. The van der Waals surface area contributed by atoms with Crippen molar-refractivity contribution in [2.24, 2.45) is 0 Å². The maximum absolute atomic E-state index is 3.68. The van der Waals surface area contributed by atoms with E-state index in [9.17, 15) is 0 Å². The van der Waals surface area contributed by atoms with E-state index >= 15 is 0 Å². The maximum atomic E-state index is 3.68. The van der Waals surface area contributed by atoms with E-state index in [0.29, 0.717) is 0 Å². The van der Waals surface area contributed by atoms with Crippen molar-refractivity contribution < 1.29 is 0 Å². The molecule has 0 fully saturated rings. The van der Waals surface area contributed by atoms with Gasteiger partial charge in [0.1, 0.15) is 0 Å². The second-order valence-corrected chi connectivity index (χ2v) is 3.78. The molecule has 2 heteroatoms. The molecule has 13 heavy (non-hydrogen) atoms. The monoisotopic (exact) mass is 239 g/mol. The van der Waals surface area contributed by atoms with Crippen molar-refractivity contribution in [2.45, 2.75) is 12.8 Å². The third-order valence-electron chi connectivity index (χ3n) is 1.76. The molecule has 0 saturated carbocycles. The molecule has 0 saturated heterocycles. The maximum Gasteiger partial charge on any atom is 0.0340 e. The van der Waals surface area contributed by atoms with Crippen LogP contribution in [0.4, 0.5) is 5.69 Å². The highest BCUT2D eigenvalue weighted by Gasteiger charge is 1.90. The van der Waals surface area contributed by atoms with E-state index in [0.717, 1.165) is 23.9 Å². The van der Waals surface area contributed by atoms with Crippen molar-refractivity contribution in [1.29, 1.82) is 0 Å². The smallest absolute Gasteiger partial charge is 0.0340 e. The third-order valence-corrected chi connectivity index (χ3v) is 2.29. The van der Waals surface area contributed by atoms with E-state index in [1.54, 1.807) is 0 Å². The van der Waals surface area contributed by atoms with Crippen LogP contribution in [0.1, 0.15) is 12.8 Å². The van der Waals surface area contributed by atoms with Crippen molar-refractivity contribution >= 4 is 21.6 Å². The largest absolute Gasteiger partial charge is 0.385 e. The van der Waals surface area contributed by atoms with E-state index in [-0.39, 0.29) is 0 Å². The number of benzene rings is 1. The molecule has 0 spiro atoms. The van der Waals surface area contributed by atoms with Gasteiger partial charge < -0.3 is 5.32 Å². The van der Waals surface area contributed by atoms with Crippen LogP contribution in [-0.2, 0) is 0 Å². The van der Waals surface area contributed by atoms with Gasteiger partial charge in [-0.1, -0.05) is 22.0 Å². The van der Waals surface area contributed by atoms with Crippen molar-refractivity contribution in [1.82, 2.24) is 0 Å². The van der Waals surface area contributed by atoms with Crippen molar-refractivity contribution in [3.63, 3.8) is 0 Å². The molecular formula is C11H14BrN. The number of rotatable bonds is 5. The quantitative estimate of drug-likeness (QED) is 0.609. The third kappa shape index (κ3) is 4.13. The molecule has 1 rings (SSSR count). The van der Waals surface area contributed by atoms with Crippen LogP contribution in [0.15, 0.2) is 41.4 Å². The molecule has 0 amide bonds. The average molecular weight is 240 g/mol. The van der Waals surface area contributed by atoms with Gasteiger partial charge >= 0.3 is 0 Å². The van der Waals surface area contributed by atoms with Crippen molar-refractivity contribution in [2.75, 3.05) is 11.9 Å². The highest BCUT2D eigenvalue weighted by molar-refractivity contribution is 9.10. The molecule has 1 nitrogen and oxygen atoms in total. The Balaban J connectivity index is 2.28. The molecule has 0 aromatic heterocycles. The zero-order valence-corrected chi connectivity index (χ0v) is 9.18. The standard InChI is InChI=1S/C11H14BrN/c1-2-3-4-9-13-11-7-5-10(12)6-8-11/h2,5-8,13H,1,3-4,9H2. The minimum Gasteiger partial charge on any atom is -0.385 e. The Labute approximate surface area is 88.0 Å². The summed E-state index contributed by atoms with van der Waals surface area (Å²) in [4.78, 5) is 0. The molecule has 0 aliphatic rings. The molecule has 0 bridgehead atoms. The lowest BCUT2D eigenvalue weighted by Crippen LogP contribution is -2.00. The first-order valence-corrected chi connectivity index (χ1v) is 5.22. The second kappa shape index (κ2) is 5.81. The van der Waals surface area contributed by atoms with Crippen LogP contribution in [0, 0.1) is 0 Å². The van der Waals surface area contributed by atoms with Gasteiger partial charge in [-0.2, -0.15) is 0 Å². The molecule has 0 aliphatic heterocycles. The van der Waals surface area contributed by atoms with Crippen LogP contribution >= 0.6 is 15.9 Å². The lowest BCUT2D eigenvalue weighted by atomic mass is 10.3. The number of halogens is 1. The predicted molar refractivity (Wildman–Crippen MR) is 62.1 cm³/mol. The normalized spacial score (nSPS) is 9.62. The molecule has 1 N–H and O–H groups in total. The van der Waals surface area contributed by atoms with E-state index in [2.05, 4.69) is 40.0 Å². The van der Waals surface area contributed by atoms with Crippen LogP contribution in [0.25, 0.3) is 0 Å². The summed E-state index contributed by atoms with van der Waals surface area (Å²) in [6.07, 6.45) is 4.16. The zero-order valence-electron chi connectivity index (χ0n) is 7.59. The van der Waals surface area contributed by atoms with Gasteiger partial charge in [-0.15, -0.1) is 6.58 Å². The van der Waals surface area contributed by atoms with Crippen LogP contribution < -0.4 is 5.32 Å². The number of unbranched alkanes of at least 4 members (excludes halogenated alkanes) is 1. The molecule has 0 radical (unpaired) electrons. The lowest BCUT2D eigenvalue weighted by molar-refractivity contribution is 0.891. The number of allylic oxidation sites excluding steroid dienone is 1. The SMILES string of the molecule is C=CCCCNc1ccc(Br)cc1. The number of anilines is 1. The Bertz CT molecular complexity index is 253. The fourth-order valence-electron chi connectivity index (χ4n) is 1.05. The number of hydrogen-bond donors (Lipinski definition) is 1. The van der Waals surface area contributed by atoms with Gasteiger partial charge in [-0.3, -0.25) is 0 Å². The summed E-state index contributed by atoms with van der Waals surface area (Å²) in [6.45, 7) is 4.69. The molecular weight excluding hydrogens is 226 g/mol. The molecule has 1 aromatic rings. The van der Waals surface area contributed by atoms with Gasteiger partial charge in [0.05, 0.1) is 0 Å². The Morgan fingerprint density at radius 1 is 1.31 bits per heavy atom. The molecule has 0 aliphatic carbocycles. The minimum atomic E-state index is 1.01. The van der Waals surface area contributed by atoms with Crippen LogP contribution in [0.2, 0.25) is 0 Å². The Morgan fingerprint density at radius 3 is 2.62 bits per heavy atom. The molecule has 0 unspecified atom stereocenters. The summed E-state index contributed by atoms with van der Waals surface area (Å²) in [5, 5.41) is 3.34. The van der Waals surface area contributed by atoms with Crippen LogP contribution in [0.5, 0.6) is 0 Å². The lowest BCUT2D eigenvalue weighted by Gasteiger charge is -2.04. The van der Waals surface area contributed by atoms with Crippen molar-refractivity contribution in [3.05, 3.63) is 41.4 Å². The predicted octanol–water partition coefficient (Wildman–Crippen LogP) is 3.83. The summed E-state index contributed by atoms with van der Waals surface area (Å²) in [5.41, 5.74) is 1.17. The first-order valence-electron chi connectivity index (χ1n) is 4.43. The first kappa shape index (κ1) is 10.3. The highest BCUT2D eigenvalue weighted by atomic mass is 79.9. The van der Waals surface area contributed by atoms with Gasteiger partial charge in [0.2, 0.25) is 0 Å². The van der Waals surface area contributed by atoms with Gasteiger partial charge in [0.15, 0.2) is 0 Å². The molecule has 1 aromatic carbocycles. The zero-order chi connectivity index (χ0) is 9.52. The summed E-state index contributed by atoms with van der Waals surface area (Å²) in [5.74, 6) is 0. The van der Waals surface area contributed by atoms with E-state index < -0.39 is 0 Å². The second-order valence-electron chi connectivity index (χ2n) is 2.86. The van der Waals surface area contributed by atoms with E-state index in [1.807, 2.05) is 18.2 Å². The Kier molecular flexibility index (Phi) is 4.61. The molecule has 0 atom stereocenters. The van der Waals surface area contributed by atoms with Crippen molar-refractivity contribution in [3.8, 4) is 0 Å². The number of nitrogens with one attached hydrogen (secondary N) is 1. The highest BCUT2D eigenvalue weighted by Crippen LogP contribution is 2.13. The average Bonchev–Trinajstić information content (AvgIpc) is 2.15. The summed E-state index contributed by atoms with van der Waals surface area (Å²) < 4.78 is 1.11. The van der Waals surface area contributed by atoms with Crippen LogP contribution in [-0.4, -0.2) is 6.54 Å². The summed E-state index contributed by atoms with van der Waals surface area (Å²) >= 11 is 3.40. The fraction of sp³-hybridized carbons (Fsp3) is 0.273. The molecule has 0 heterocycles. The summed E-state index contributed by atoms with van der Waals surface area (Å²) in [7, 11) is 0. The van der Waals surface area contributed by atoms with Gasteiger partial charge in [-0.05, 0) is 37.1 Å². The van der Waals surface area contributed by atoms with Gasteiger partial charge in [0.25, 0.3) is 0 Å². The Hall–Kier alpha value is -0.760. The fourth-order valence-corrected chi connectivity index (χ4v) is 1.31. The van der Waals surface area contributed by atoms with E-state index in [1.165, 1.54) is 5.69 Å². The van der Waals surface area contributed by atoms with Gasteiger partial charge in [0, 0.05) is 16.7 Å².